The van der Waals surface area contributed by atoms with Gasteiger partial charge in [0, 0.05) is 32.1 Å². The largest absolute Gasteiger partial charge is 0.467 e. The van der Waals surface area contributed by atoms with E-state index in [9.17, 15) is 18.0 Å². The first-order valence-electron chi connectivity index (χ1n) is 14.0. The first kappa shape index (κ1) is 28.1. The minimum Gasteiger partial charge on any atom is -0.467 e. The van der Waals surface area contributed by atoms with Gasteiger partial charge in [-0.3, -0.25) is 4.79 Å². The van der Waals surface area contributed by atoms with Crippen molar-refractivity contribution in [3.05, 3.63) is 83.7 Å². The molecule has 0 N–H and O–H groups in total. The Labute approximate surface area is 244 Å². The number of hydrogen-bond donors (Lipinski definition) is 0. The molecule has 4 heterocycles. The first-order valence-corrected chi connectivity index (χ1v) is 15.4. The van der Waals surface area contributed by atoms with Crippen molar-refractivity contribution in [1.82, 2.24) is 14.2 Å². The van der Waals surface area contributed by atoms with Gasteiger partial charge >= 0.3 is 5.97 Å². The lowest BCUT2D eigenvalue weighted by Gasteiger charge is -2.31. The van der Waals surface area contributed by atoms with Crippen LogP contribution in [0.15, 0.2) is 85.5 Å². The fraction of sp³-hybridized carbons (Fsp3) is 0.367. The molecule has 11 nitrogen and oxygen atoms in total. The van der Waals surface area contributed by atoms with Crippen LogP contribution >= 0.6 is 0 Å². The van der Waals surface area contributed by atoms with Crippen molar-refractivity contribution in [3.63, 3.8) is 0 Å². The molecule has 1 saturated heterocycles. The van der Waals surface area contributed by atoms with Gasteiger partial charge in [0.15, 0.2) is 6.61 Å². The Kier molecular flexibility index (Phi) is 7.84. The maximum absolute atomic E-state index is 13.5. The second-order valence-corrected chi connectivity index (χ2v) is 12.6. The number of rotatable bonds is 7. The number of benzene rings is 1. The third-order valence-electron chi connectivity index (χ3n) is 7.95. The summed E-state index contributed by atoms with van der Waals surface area (Å²) in [6, 6.07) is 12.5. The molecule has 1 aliphatic carbocycles. The smallest absolute Gasteiger partial charge is 0.338 e. The molecule has 3 aromatic rings. The summed E-state index contributed by atoms with van der Waals surface area (Å²) in [4.78, 5) is 28.5. The number of hydrazone groups is 1. The molecular formula is C30H32N4O7S. The molecule has 2 atom stereocenters. The summed E-state index contributed by atoms with van der Waals surface area (Å²) < 4.78 is 44.3. The number of piperazine rings is 1. The molecule has 2 fully saturated rings. The lowest BCUT2D eigenvalue weighted by atomic mass is 9.79. The SMILES string of the molecule is CN1CCN(S(=O)(=O)c2cccc(C(=O)OCC(=O)N3N=C4C(=Cc5ccco5)CCCC4C3c3ccco3)c2)CC1. The van der Waals surface area contributed by atoms with Crippen LogP contribution in [0.5, 0.6) is 0 Å². The summed E-state index contributed by atoms with van der Waals surface area (Å²) in [7, 11) is -1.83. The van der Waals surface area contributed by atoms with Gasteiger partial charge in [-0.15, -0.1) is 0 Å². The standard InChI is InChI=1S/C30H32N4O7S/c1-32-12-14-33(15-13-32)42(37,38)24-9-2-7-22(19-24)30(36)41-20-27(35)34-29(26-11-5-17-40-26)25-10-3-6-21(28(25)31-34)18-23-8-4-16-39-23/h2,4-5,7-9,11,16-19,25,29H,3,6,10,12-15,20H2,1H3. The molecule has 0 bridgehead atoms. The normalized spacial score (nSPS) is 22.6. The monoisotopic (exact) mass is 592 g/mol. The van der Waals surface area contributed by atoms with Crippen molar-refractivity contribution in [3.8, 4) is 0 Å². The molecule has 0 spiro atoms. The second kappa shape index (κ2) is 11.7. The number of amides is 1. The number of hydrogen-bond acceptors (Lipinski definition) is 9. The summed E-state index contributed by atoms with van der Waals surface area (Å²) in [5.41, 5.74) is 1.83. The van der Waals surface area contributed by atoms with Crippen molar-refractivity contribution in [2.45, 2.75) is 30.2 Å². The molecule has 42 heavy (non-hydrogen) atoms. The average molecular weight is 593 g/mol. The predicted octanol–water partition coefficient (Wildman–Crippen LogP) is 3.79. The molecule has 1 aromatic carbocycles. The highest BCUT2D eigenvalue weighted by atomic mass is 32.2. The Morgan fingerprint density at radius 2 is 1.83 bits per heavy atom. The average Bonchev–Trinajstić information content (AvgIpc) is 3.78. The number of likely N-dealkylation sites (N-methyl/N-ethyl adjacent to an activating group) is 1. The third-order valence-corrected chi connectivity index (χ3v) is 9.84. The Bertz CT molecular complexity index is 1600. The fourth-order valence-electron chi connectivity index (χ4n) is 5.73. The van der Waals surface area contributed by atoms with Crippen LogP contribution in [0.3, 0.4) is 0 Å². The maximum atomic E-state index is 13.5. The minimum absolute atomic E-state index is 0.0107. The lowest BCUT2D eigenvalue weighted by Crippen LogP contribution is -2.47. The third kappa shape index (κ3) is 5.57. The zero-order valence-electron chi connectivity index (χ0n) is 23.2. The maximum Gasteiger partial charge on any atom is 0.338 e. The zero-order valence-corrected chi connectivity index (χ0v) is 24.0. The number of carbonyl (C=O) groups is 2. The highest BCUT2D eigenvalue weighted by Crippen LogP contribution is 2.44. The van der Waals surface area contributed by atoms with E-state index in [0.717, 1.165) is 30.5 Å². The van der Waals surface area contributed by atoms with Gasteiger partial charge in [-0.05, 0) is 80.4 Å². The number of sulfonamides is 1. The Hall–Kier alpha value is -4.00. The van der Waals surface area contributed by atoms with E-state index in [1.165, 1.54) is 33.6 Å². The van der Waals surface area contributed by atoms with Gasteiger partial charge in [-0.1, -0.05) is 6.07 Å². The minimum atomic E-state index is -3.77. The quantitative estimate of drug-likeness (QED) is 0.380. The number of carbonyl (C=O) groups excluding carboxylic acids is 2. The van der Waals surface area contributed by atoms with Gasteiger partial charge in [0.05, 0.1) is 28.7 Å². The van der Waals surface area contributed by atoms with Crippen LogP contribution in [0.2, 0.25) is 0 Å². The van der Waals surface area contributed by atoms with E-state index < -0.39 is 34.5 Å². The van der Waals surface area contributed by atoms with E-state index in [4.69, 9.17) is 18.7 Å². The van der Waals surface area contributed by atoms with E-state index >= 15 is 0 Å². The number of allylic oxidation sites excluding steroid dienone is 1. The van der Waals surface area contributed by atoms with Crippen molar-refractivity contribution < 1.29 is 31.6 Å². The number of esters is 1. The van der Waals surface area contributed by atoms with Crippen LogP contribution in [0, 0.1) is 5.92 Å². The van der Waals surface area contributed by atoms with Crippen LogP contribution < -0.4 is 0 Å². The molecule has 6 rings (SSSR count). The molecule has 0 radical (unpaired) electrons. The molecular weight excluding hydrogens is 560 g/mol. The molecule has 2 aromatic heterocycles. The molecule has 1 amide bonds. The zero-order chi connectivity index (χ0) is 29.3. The number of nitrogens with zero attached hydrogens (tertiary/aromatic N) is 4. The van der Waals surface area contributed by atoms with Crippen LogP contribution in [0.1, 0.15) is 47.2 Å². The van der Waals surface area contributed by atoms with Crippen LogP contribution in [-0.2, 0) is 19.6 Å². The summed E-state index contributed by atoms with van der Waals surface area (Å²) in [6.45, 7) is 1.44. The highest BCUT2D eigenvalue weighted by Gasteiger charge is 2.45. The lowest BCUT2D eigenvalue weighted by molar-refractivity contribution is -0.137. The number of fused-ring (bicyclic) bond motifs is 1. The van der Waals surface area contributed by atoms with Gasteiger partial charge < -0.3 is 18.5 Å². The highest BCUT2D eigenvalue weighted by molar-refractivity contribution is 7.89. The fourth-order valence-corrected chi connectivity index (χ4v) is 7.20. The van der Waals surface area contributed by atoms with Crippen LogP contribution in [0.25, 0.3) is 6.08 Å². The van der Waals surface area contributed by atoms with Gasteiger partial charge in [0.25, 0.3) is 5.91 Å². The summed E-state index contributed by atoms with van der Waals surface area (Å²) in [5, 5.41) is 6.06. The molecule has 3 aliphatic rings. The van der Waals surface area contributed by atoms with Crippen LogP contribution in [0.4, 0.5) is 0 Å². The number of ether oxygens (including phenoxy) is 1. The first-order chi connectivity index (χ1) is 20.3. The van der Waals surface area contributed by atoms with Gasteiger partial charge in [0.2, 0.25) is 10.0 Å². The molecule has 220 valence electrons. The second-order valence-electron chi connectivity index (χ2n) is 10.7. The van der Waals surface area contributed by atoms with Gasteiger partial charge in [0.1, 0.15) is 17.6 Å². The molecule has 2 aliphatic heterocycles. The van der Waals surface area contributed by atoms with E-state index in [1.807, 2.05) is 31.3 Å². The van der Waals surface area contributed by atoms with E-state index in [-0.39, 0.29) is 16.4 Å². The van der Waals surface area contributed by atoms with E-state index in [0.29, 0.717) is 37.7 Å². The molecule has 12 heteroatoms. The van der Waals surface area contributed by atoms with Crippen molar-refractivity contribution in [2.24, 2.45) is 11.0 Å². The van der Waals surface area contributed by atoms with Crippen molar-refractivity contribution in [1.29, 1.82) is 0 Å². The van der Waals surface area contributed by atoms with Crippen LogP contribution in [-0.4, -0.2) is 80.1 Å². The molecule has 1 saturated carbocycles. The Morgan fingerprint density at radius 3 is 2.57 bits per heavy atom. The summed E-state index contributed by atoms with van der Waals surface area (Å²) in [6.07, 6.45) is 7.64. The van der Waals surface area contributed by atoms with Gasteiger partial charge in [-0.25, -0.2) is 18.2 Å². The van der Waals surface area contributed by atoms with Crippen molar-refractivity contribution >= 4 is 33.7 Å². The van der Waals surface area contributed by atoms with E-state index in [2.05, 4.69) is 4.90 Å². The number of furan rings is 2. The van der Waals surface area contributed by atoms with E-state index in [1.54, 1.807) is 18.6 Å². The van der Waals surface area contributed by atoms with Crippen molar-refractivity contribution in [2.75, 3.05) is 39.8 Å². The predicted molar refractivity (Wildman–Crippen MR) is 153 cm³/mol. The van der Waals surface area contributed by atoms with Gasteiger partial charge in [-0.2, -0.15) is 9.41 Å². The molecule has 2 unspecified atom stereocenters. The summed E-state index contributed by atoms with van der Waals surface area (Å²) in [5.74, 6) is -0.0820. The summed E-state index contributed by atoms with van der Waals surface area (Å²) >= 11 is 0. The topological polar surface area (TPSA) is 126 Å². The Morgan fingerprint density at radius 1 is 1.05 bits per heavy atom. The Balaban J connectivity index is 1.18.